The van der Waals surface area contributed by atoms with Crippen molar-refractivity contribution in [2.45, 2.75) is 79.2 Å². The highest BCUT2D eigenvalue weighted by molar-refractivity contribution is 7.80. The first-order valence-electron chi connectivity index (χ1n) is 8.31. The maximum absolute atomic E-state index is 5.52. The van der Waals surface area contributed by atoms with E-state index in [1.807, 2.05) is 0 Å². The molecule has 0 aromatic heterocycles. The molecule has 1 aromatic carbocycles. The molecule has 0 bridgehead atoms. The Labute approximate surface area is 142 Å². The summed E-state index contributed by atoms with van der Waals surface area (Å²) in [5.41, 5.74) is 5.24. The Morgan fingerprint density at radius 2 is 1.50 bits per heavy atom. The van der Waals surface area contributed by atoms with Gasteiger partial charge in [-0.05, 0) is 67.9 Å². The van der Waals surface area contributed by atoms with Gasteiger partial charge >= 0.3 is 0 Å². The lowest BCUT2D eigenvalue weighted by Gasteiger charge is -2.27. The van der Waals surface area contributed by atoms with Gasteiger partial charge in [0.15, 0.2) is 5.11 Å². The van der Waals surface area contributed by atoms with E-state index in [-0.39, 0.29) is 5.54 Å². The van der Waals surface area contributed by atoms with Crippen LogP contribution in [0.2, 0.25) is 0 Å². The normalized spacial score (nSPS) is 11.9. The van der Waals surface area contributed by atoms with Crippen LogP contribution in [0, 0.1) is 0 Å². The minimum absolute atomic E-state index is 0.0383. The third-order valence-electron chi connectivity index (χ3n) is 3.64. The van der Waals surface area contributed by atoms with Crippen molar-refractivity contribution in [3.8, 4) is 0 Å². The average molecular weight is 321 g/mol. The van der Waals surface area contributed by atoms with Crippen LogP contribution in [0.4, 0.5) is 5.69 Å². The standard InChI is InChI=1S/C19H32N2S/c1-9-14-10-15(12(2)3)17(16(11-14)13(4)5)20-18(22)21-19(6,7)8/h10-13H,9H2,1-8H3,(H2,20,21,22). The molecule has 124 valence electrons. The Balaban J connectivity index is 3.28. The lowest BCUT2D eigenvalue weighted by Crippen LogP contribution is -2.43. The molecule has 0 aliphatic rings. The van der Waals surface area contributed by atoms with E-state index in [1.165, 1.54) is 22.4 Å². The fraction of sp³-hybridized carbons (Fsp3) is 0.632. The Morgan fingerprint density at radius 1 is 1.05 bits per heavy atom. The number of hydrogen-bond acceptors (Lipinski definition) is 1. The Kier molecular flexibility index (Phi) is 6.42. The molecule has 0 amide bonds. The van der Waals surface area contributed by atoms with Crippen molar-refractivity contribution in [3.05, 3.63) is 28.8 Å². The van der Waals surface area contributed by atoms with Gasteiger partial charge < -0.3 is 10.6 Å². The second-order valence-corrected chi connectivity index (χ2v) is 8.05. The molecule has 0 atom stereocenters. The lowest BCUT2D eigenvalue weighted by atomic mass is 9.89. The van der Waals surface area contributed by atoms with Crippen molar-refractivity contribution in [2.24, 2.45) is 0 Å². The molecule has 0 saturated carbocycles. The molecule has 0 spiro atoms. The van der Waals surface area contributed by atoms with Gasteiger partial charge in [-0.1, -0.05) is 46.8 Å². The summed E-state index contributed by atoms with van der Waals surface area (Å²) in [6, 6.07) is 4.64. The molecule has 22 heavy (non-hydrogen) atoms. The van der Waals surface area contributed by atoms with Crippen LogP contribution >= 0.6 is 12.2 Å². The number of nitrogens with one attached hydrogen (secondary N) is 2. The third kappa shape index (κ3) is 5.28. The first kappa shape index (κ1) is 19.0. The van der Waals surface area contributed by atoms with Crippen LogP contribution in [0.3, 0.4) is 0 Å². The highest BCUT2D eigenvalue weighted by Gasteiger charge is 2.18. The van der Waals surface area contributed by atoms with E-state index in [2.05, 4.69) is 78.2 Å². The largest absolute Gasteiger partial charge is 0.358 e. The fourth-order valence-electron chi connectivity index (χ4n) is 2.50. The summed E-state index contributed by atoms with van der Waals surface area (Å²) in [5, 5.41) is 7.51. The number of anilines is 1. The van der Waals surface area contributed by atoms with Gasteiger partial charge in [0.25, 0.3) is 0 Å². The van der Waals surface area contributed by atoms with E-state index < -0.39 is 0 Å². The van der Waals surface area contributed by atoms with Crippen LogP contribution in [0.25, 0.3) is 0 Å². The first-order chi connectivity index (χ1) is 10.0. The summed E-state index contributed by atoms with van der Waals surface area (Å²) in [4.78, 5) is 0. The molecular formula is C19H32N2S. The van der Waals surface area contributed by atoms with E-state index in [9.17, 15) is 0 Å². The first-order valence-corrected chi connectivity index (χ1v) is 8.71. The quantitative estimate of drug-likeness (QED) is 0.708. The van der Waals surface area contributed by atoms with Crippen molar-refractivity contribution in [1.82, 2.24) is 5.32 Å². The topological polar surface area (TPSA) is 24.1 Å². The van der Waals surface area contributed by atoms with Crippen molar-refractivity contribution in [3.63, 3.8) is 0 Å². The van der Waals surface area contributed by atoms with Crippen LogP contribution < -0.4 is 10.6 Å². The van der Waals surface area contributed by atoms with Gasteiger partial charge in [-0.15, -0.1) is 0 Å². The van der Waals surface area contributed by atoms with Crippen molar-refractivity contribution < 1.29 is 0 Å². The molecular weight excluding hydrogens is 288 g/mol. The van der Waals surface area contributed by atoms with Gasteiger partial charge in [-0.25, -0.2) is 0 Å². The lowest BCUT2D eigenvalue weighted by molar-refractivity contribution is 0.515. The SMILES string of the molecule is CCc1cc(C(C)C)c(NC(=S)NC(C)(C)C)c(C(C)C)c1. The smallest absolute Gasteiger partial charge is 0.171 e. The van der Waals surface area contributed by atoms with Gasteiger partial charge in [0.2, 0.25) is 0 Å². The summed E-state index contributed by atoms with van der Waals surface area (Å²) in [7, 11) is 0. The third-order valence-corrected chi connectivity index (χ3v) is 3.84. The highest BCUT2D eigenvalue weighted by atomic mass is 32.1. The zero-order chi connectivity index (χ0) is 17.1. The summed E-state index contributed by atoms with van der Waals surface area (Å²) in [6.45, 7) is 17.5. The number of benzene rings is 1. The molecule has 2 N–H and O–H groups in total. The molecule has 0 unspecified atom stereocenters. The second-order valence-electron chi connectivity index (χ2n) is 7.64. The Morgan fingerprint density at radius 3 is 1.82 bits per heavy atom. The molecule has 0 saturated heterocycles. The van der Waals surface area contributed by atoms with Crippen molar-refractivity contribution >= 4 is 23.0 Å². The number of aryl methyl sites for hydroxylation is 1. The minimum atomic E-state index is -0.0383. The molecule has 0 heterocycles. The van der Waals surface area contributed by atoms with Gasteiger partial charge in [-0.2, -0.15) is 0 Å². The summed E-state index contributed by atoms with van der Waals surface area (Å²) in [5.74, 6) is 0.924. The molecule has 1 aromatic rings. The Hall–Kier alpha value is -1.09. The van der Waals surface area contributed by atoms with E-state index >= 15 is 0 Å². The minimum Gasteiger partial charge on any atom is -0.358 e. The zero-order valence-corrected chi connectivity index (χ0v) is 16.2. The second kappa shape index (κ2) is 7.45. The monoisotopic (exact) mass is 320 g/mol. The van der Waals surface area contributed by atoms with Crippen LogP contribution in [-0.2, 0) is 6.42 Å². The van der Waals surface area contributed by atoms with E-state index in [4.69, 9.17) is 12.2 Å². The number of rotatable bonds is 4. The molecule has 0 radical (unpaired) electrons. The number of hydrogen-bond donors (Lipinski definition) is 2. The Bertz CT molecular complexity index is 496. The molecule has 0 aliphatic carbocycles. The molecule has 2 nitrogen and oxygen atoms in total. The van der Waals surface area contributed by atoms with Crippen LogP contribution in [0.15, 0.2) is 12.1 Å². The molecule has 3 heteroatoms. The van der Waals surface area contributed by atoms with Crippen molar-refractivity contribution in [2.75, 3.05) is 5.32 Å². The zero-order valence-electron chi connectivity index (χ0n) is 15.4. The fourth-order valence-corrected chi connectivity index (χ4v) is 2.90. The maximum Gasteiger partial charge on any atom is 0.171 e. The maximum atomic E-state index is 5.52. The highest BCUT2D eigenvalue weighted by Crippen LogP contribution is 2.34. The average Bonchev–Trinajstić information content (AvgIpc) is 2.35. The van der Waals surface area contributed by atoms with Crippen molar-refractivity contribution in [1.29, 1.82) is 0 Å². The van der Waals surface area contributed by atoms with Gasteiger partial charge in [0.1, 0.15) is 0 Å². The number of thiocarbonyl (C=S) groups is 1. The van der Waals surface area contributed by atoms with Crippen LogP contribution in [0.5, 0.6) is 0 Å². The van der Waals surface area contributed by atoms with Gasteiger partial charge in [0.05, 0.1) is 0 Å². The van der Waals surface area contributed by atoms with Gasteiger partial charge in [-0.3, -0.25) is 0 Å². The van der Waals surface area contributed by atoms with Gasteiger partial charge in [0, 0.05) is 11.2 Å². The molecule has 1 rings (SSSR count). The van der Waals surface area contributed by atoms with E-state index in [0.29, 0.717) is 16.9 Å². The van der Waals surface area contributed by atoms with Crippen LogP contribution in [-0.4, -0.2) is 10.7 Å². The molecule has 0 fully saturated rings. The summed E-state index contributed by atoms with van der Waals surface area (Å²) < 4.78 is 0. The predicted molar refractivity (Wildman–Crippen MR) is 103 cm³/mol. The predicted octanol–water partition coefficient (Wildman–Crippen LogP) is 5.58. The van der Waals surface area contributed by atoms with E-state index in [1.54, 1.807) is 0 Å². The molecule has 0 aliphatic heterocycles. The summed E-state index contributed by atoms with van der Waals surface area (Å²) >= 11 is 5.52. The summed E-state index contributed by atoms with van der Waals surface area (Å²) in [6.07, 6.45) is 1.06. The van der Waals surface area contributed by atoms with E-state index in [0.717, 1.165) is 6.42 Å². The van der Waals surface area contributed by atoms with Crippen LogP contribution in [0.1, 0.15) is 83.9 Å².